The van der Waals surface area contributed by atoms with Gasteiger partial charge in [-0.15, -0.1) is 0 Å². The molecule has 0 aromatic heterocycles. The zero-order valence-electron chi connectivity index (χ0n) is 17.5. The van der Waals surface area contributed by atoms with E-state index in [2.05, 4.69) is 21.2 Å². The number of urea groups is 1. The third-order valence-corrected chi connectivity index (χ3v) is 6.51. The smallest absolute Gasteiger partial charge is 0.325 e. The Morgan fingerprint density at radius 2 is 2.03 bits per heavy atom. The number of methoxy groups -OCH3 is 1. The van der Waals surface area contributed by atoms with E-state index in [1.807, 2.05) is 42.5 Å². The van der Waals surface area contributed by atoms with Crippen molar-refractivity contribution in [3.05, 3.63) is 63.6 Å². The van der Waals surface area contributed by atoms with Gasteiger partial charge in [0.25, 0.3) is 5.91 Å². The van der Waals surface area contributed by atoms with Crippen LogP contribution in [0.1, 0.15) is 29.5 Å². The molecule has 1 aliphatic carbocycles. The van der Waals surface area contributed by atoms with Gasteiger partial charge in [-0.1, -0.05) is 40.2 Å². The second-order valence-electron chi connectivity index (χ2n) is 7.94. The number of carbonyl (C=O) groups excluding carboxylic acids is 3. The summed E-state index contributed by atoms with van der Waals surface area (Å²) in [6.07, 6.45) is 2.20. The number of nitrogens with zero attached hydrogens (tertiary/aromatic N) is 2. The number of hydrogen-bond donors (Lipinski definition) is 1. The molecule has 1 fully saturated rings. The number of ether oxygens (including phenoxy) is 1. The van der Waals surface area contributed by atoms with E-state index in [-0.39, 0.29) is 18.4 Å². The first kappa shape index (κ1) is 21.4. The molecular formula is C23H24BrN3O4. The van der Waals surface area contributed by atoms with Crippen LogP contribution in [-0.4, -0.2) is 48.3 Å². The molecule has 0 bridgehead atoms. The summed E-state index contributed by atoms with van der Waals surface area (Å²) >= 11 is 3.43. The molecule has 1 N–H and O–H groups in total. The minimum Gasteiger partial charge on any atom is -0.496 e. The van der Waals surface area contributed by atoms with Gasteiger partial charge in [0.15, 0.2) is 0 Å². The molecule has 1 saturated heterocycles. The Morgan fingerprint density at radius 1 is 1.26 bits per heavy atom. The Balaban J connectivity index is 1.51. The van der Waals surface area contributed by atoms with E-state index in [0.29, 0.717) is 18.7 Å². The van der Waals surface area contributed by atoms with Crippen LogP contribution in [0.25, 0.3) is 0 Å². The zero-order valence-corrected chi connectivity index (χ0v) is 19.1. The fourth-order valence-electron chi connectivity index (χ4n) is 4.43. The van der Waals surface area contributed by atoms with Gasteiger partial charge in [-0.2, -0.15) is 0 Å². The molecule has 7 nitrogen and oxygen atoms in total. The second kappa shape index (κ2) is 8.34. The van der Waals surface area contributed by atoms with Crippen molar-refractivity contribution in [1.82, 2.24) is 15.1 Å². The van der Waals surface area contributed by atoms with Gasteiger partial charge in [0.1, 0.15) is 17.8 Å². The van der Waals surface area contributed by atoms with Crippen LogP contribution in [-0.2, 0) is 28.1 Å². The summed E-state index contributed by atoms with van der Waals surface area (Å²) in [5.41, 5.74) is 1.65. The number of amides is 4. The maximum atomic E-state index is 13.4. The van der Waals surface area contributed by atoms with Crippen molar-refractivity contribution >= 4 is 33.8 Å². The molecule has 1 spiro atoms. The van der Waals surface area contributed by atoms with E-state index in [1.165, 1.54) is 4.90 Å². The summed E-state index contributed by atoms with van der Waals surface area (Å²) in [6.45, 7) is -0.0134. The number of likely N-dealkylation sites (N-methyl/N-ethyl adjacent to an activating group) is 1. The molecule has 1 aliphatic heterocycles. The van der Waals surface area contributed by atoms with Crippen LogP contribution in [0.5, 0.6) is 5.75 Å². The maximum absolute atomic E-state index is 13.4. The predicted octanol–water partition coefficient (Wildman–Crippen LogP) is 3.20. The van der Waals surface area contributed by atoms with Gasteiger partial charge in [0.05, 0.1) is 7.11 Å². The van der Waals surface area contributed by atoms with Crippen LogP contribution in [0.15, 0.2) is 46.9 Å². The number of hydrogen-bond acceptors (Lipinski definition) is 4. The molecule has 31 heavy (non-hydrogen) atoms. The molecule has 2 aliphatic rings. The Bertz CT molecular complexity index is 1060. The number of aryl methyl sites for hydroxylation is 1. The molecular weight excluding hydrogens is 462 g/mol. The van der Waals surface area contributed by atoms with Gasteiger partial charge in [-0.25, -0.2) is 4.79 Å². The van der Waals surface area contributed by atoms with E-state index in [4.69, 9.17) is 4.74 Å². The topological polar surface area (TPSA) is 79.0 Å². The van der Waals surface area contributed by atoms with E-state index in [0.717, 1.165) is 38.9 Å². The van der Waals surface area contributed by atoms with Crippen molar-refractivity contribution in [1.29, 1.82) is 0 Å². The third kappa shape index (κ3) is 3.80. The highest BCUT2D eigenvalue weighted by Gasteiger charge is 2.54. The Kier molecular flexibility index (Phi) is 5.75. The SMILES string of the molecule is COc1ccc(Br)cc1CN(C)C(=O)CN1C(=O)NC2(CCCc3ccccc32)C1=O. The molecule has 0 radical (unpaired) electrons. The van der Waals surface area contributed by atoms with Crippen LogP contribution >= 0.6 is 15.9 Å². The Morgan fingerprint density at radius 3 is 2.81 bits per heavy atom. The first-order chi connectivity index (χ1) is 14.9. The van der Waals surface area contributed by atoms with Crippen molar-refractivity contribution < 1.29 is 19.1 Å². The van der Waals surface area contributed by atoms with Crippen LogP contribution < -0.4 is 10.1 Å². The number of fused-ring (bicyclic) bond motifs is 2. The molecule has 8 heteroatoms. The summed E-state index contributed by atoms with van der Waals surface area (Å²) < 4.78 is 6.24. The molecule has 1 unspecified atom stereocenters. The number of imide groups is 1. The van der Waals surface area contributed by atoms with Crippen molar-refractivity contribution in [2.45, 2.75) is 31.3 Å². The predicted molar refractivity (Wildman–Crippen MR) is 118 cm³/mol. The Labute approximate surface area is 189 Å². The third-order valence-electron chi connectivity index (χ3n) is 6.02. The molecule has 0 saturated carbocycles. The highest BCUT2D eigenvalue weighted by atomic mass is 79.9. The minimum atomic E-state index is -1.07. The maximum Gasteiger partial charge on any atom is 0.325 e. The first-order valence-electron chi connectivity index (χ1n) is 10.1. The number of rotatable bonds is 5. The summed E-state index contributed by atoms with van der Waals surface area (Å²) in [5, 5.41) is 2.89. The number of nitrogens with one attached hydrogen (secondary N) is 1. The van der Waals surface area contributed by atoms with Gasteiger partial charge in [0.2, 0.25) is 5.91 Å². The van der Waals surface area contributed by atoms with Crippen molar-refractivity contribution in [3.8, 4) is 5.75 Å². The summed E-state index contributed by atoms with van der Waals surface area (Å²) in [5.74, 6) is -0.0197. The van der Waals surface area contributed by atoms with Crippen LogP contribution in [0, 0.1) is 0 Å². The van der Waals surface area contributed by atoms with Gasteiger partial charge in [0, 0.05) is 23.6 Å². The molecule has 162 valence electrons. The normalized spacial score (nSPS) is 19.9. The van der Waals surface area contributed by atoms with E-state index < -0.39 is 11.6 Å². The summed E-state index contributed by atoms with van der Waals surface area (Å²) in [4.78, 5) is 41.5. The lowest BCUT2D eigenvalue weighted by atomic mass is 9.76. The Hall–Kier alpha value is -2.87. The van der Waals surface area contributed by atoms with Crippen molar-refractivity contribution in [2.24, 2.45) is 0 Å². The first-order valence-corrected chi connectivity index (χ1v) is 10.9. The van der Waals surface area contributed by atoms with Crippen molar-refractivity contribution in [2.75, 3.05) is 20.7 Å². The van der Waals surface area contributed by atoms with Crippen molar-refractivity contribution in [3.63, 3.8) is 0 Å². The highest BCUT2D eigenvalue weighted by molar-refractivity contribution is 9.10. The highest BCUT2D eigenvalue weighted by Crippen LogP contribution is 2.39. The summed E-state index contributed by atoms with van der Waals surface area (Å²) in [7, 11) is 3.22. The fourth-order valence-corrected chi connectivity index (χ4v) is 4.83. The zero-order chi connectivity index (χ0) is 22.2. The van der Waals surface area contributed by atoms with Gasteiger partial charge in [-0.3, -0.25) is 14.5 Å². The number of benzene rings is 2. The second-order valence-corrected chi connectivity index (χ2v) is 8.86. The average molecular weight is 486 g/mol. The van der Waals surface area contributed by atoms with E-state index >= 15 is 0 Å². The number of carbonyl (C=O) groups is 3. The minimum absolute atomic E-state index is 0.291. The molecule has 1 atom stereocenters. The fraction of sp³-hybridized carbons (Fsp3) is 0.348. The van der Waals surface area contributed by atoms with Crippen LogP contribution in [0.4, 0.5) is 4.79 Å². The standard InChI is InChI=1S/C23H24BrN3O4/c1-26(13-16-12-17(24)9-10-19(16)31-2)20(28)14-27-21(29)23(25-22(27)30)11-5-7-15-6-3-4-8-18(15)23/h3-4,6,8-10,12H,5,7,11,13-14H2,1-2H3,(H,25,30). The largest absolute Gasteiger partial charge is 0.496 e. The molecule has 2 aromatic carbocycles. The summed E-state index contributed by atoms with van der Waals surface area (Å²) in [6, 6.07) is 12.7. The molecule has 4 rings (SSSR count). The lowest BCUT2D eigenvalue weighted by Gasteiger charge is -2.33. The lowest BCUT2D eigenvalue weighted by molar-refractivity contribution is -0.139. The van der Waals surface area contributed by atoms with E-state index in [1.54, 1.807) is 14.2 Å². The van der Waals surface area contributed by atoms with Gasteiger partial charge >= 0.3 is 6.03 Å². The quantitative estimate of drug-likeness (QED) is 0.659. The number of halogens is 1. The monoisotopic (exact) mass is 485 g/mol. The van der Waals surface area contributed by atoms with Crippen LogP contribution in [0.3, 0.4) is 0 Å². The lowest BCUT2D eigenvalue weighted by Crippen LogP contribution is -2.47. The molecule has 1 heterocycles. The van der Waals surface area contributed by atoms with Gasteiger partial charge < -0.3 is 15.0 Å². The molecule has 2 aromatic rings. The van der Waals surface area contributed by atoms with Crippen LogP contribution in [0.2, 0.25) is 0 Å². The van der Waals surface area contributed by atoms with E-state index in [9.17, 15) is 14.4 Å². The van der Waals surface area contributed by atoms with Gasteiger partial charge in [-0.05, 0) is 48.6 Å². The average Bonchev–Trinajstić information content (AvgIpc) is 2.99. The molecule has 4 amide bonds.